The molecule has 122 valence electrons. The smallest absolute Gasteiger partial charge is 0.406 e. The molecular formula is C15H12F4N2O2. The number of anilines is 2. The molecule has 0 atom stereocenters. The molecule has 0 bridgehead atoms. The molecule has 0 heterocycles. The number of benzene rings is 2. The molecule has 0 spiro atoms. The van der Waals surface area contributed by atoms with Gasteiger partial charge >= 0.3 is 12.4 Å². The van der Waals surface area contributed by atoms with Gasteiger partial charge in [0.15, 0.2) is 0 Å². The minimum atomic E-state index is -4.78. The number of ether oxygens (including phenoxy) is 1. The lowest BCUT2D eigenvalue weighted by molar-refractivity contribution is -0.274. The summed E-state index contributed by atoms with van der Waals surface area (Å²) < 4.78 is 53.2. The molecule has 2 amide bonds. The van der Waals surface area contributed by atoms with Gasteiger partial charge in [-0.05, 0) is 43.3 Å². The zero-order chi connectivity index (χ0) is 17.0. The molecule has 8 heteroatoms. The summed E-state index contributed by atoms with van der Waals surface area (Å²) in [5.74, 6) is -0.860. The van der Waals surface area contributed by atoms with Gasteiger partial charge in [0.1, 0.15) is 11.6 Å². The number of urea groups is 1. The van der Waals surface area contributed by atoms with Crippen molar-refractivity contribution in [2.75, 3.05) is 10.6 Å². The van der Waals surface area contributed by atoms with Gasteiger partial charge in [-0.1, -0.05) is 6.07 Å². The van der Waals surface area contributed by atoms with Crippen LogP contribution in [0.2, 0.25) is 0 Å². The van der Waals surface area contributed by atoms with E-state index in [1.165, 1.54) is 37.3 Å². The lowest BCUT2D eigenvalue weighted by Gasteiger charge is -2.11. The van der Waals surface area contributed by atoms with Gasteiger partial charge in [-0.3, -0.25) is 0 Å². The van der Waals surface area contributed by atoms with Gasteiger partial charge in [0, 0.05) is 16.9 Å². The summed E-state index contributed by atoms with van der Waals surface area (Å²) in [6.45, 7) is 1.51. The summed E-state index contributed by atoms with van der Waals surface area (Å²) in [4.78, 5) is 11.8. The summed E-state index contributed by atoms with van der Waals surface area (Å²) in [7, 11) is 0. The lowest BCUT2D eigenvalue weighted by Crippen LogP contribution is -2.20. The van der Waals surface area contributed by atoms with Crippen molar-refractivity contribution in [3.8, 4) is 5.75 Å². The first-order chi connectivity index (χ1) is 10.7. The van der Waals surface area contributed by atoms with Gasteiger partial charge in [-0.15, -0.1) is 13.2 Å². The van der Waals surface area contributed by atoms with Crippen LogP contribution in [0.25, 0.3) is 0 Å². The van der Waals surface area contributed by atoms with E-state index in [-0.39, 0.29) is 11.3 Å². The van der Waals surface area contributed by atoms with Crippen molar-refractivity contribution in [3.63, 3.8) is 0 Å². The van der Waals surface area contributed by atoms with Crippen LogP contribution in [-0.2, 0) is 0 Å². The summed E-state index contributed by atoms with van der Waals surface area (Å²) in [6, 6.07) is 8.21. The van der Waals surface area contributed by atoms with Gasteiger partial charge in [0.2, 0.25) is 0 Å². The highest BCUT2D eigenvalue weighted by atomic mass is 19.4. The third-order valence-electron chi connectivity index (χ3n) is 2.86. The van der Waals surface area contributed by atoms with Crippen molar-refractivity contribution >= 4 is 17.4 Å². The Morgan fingerprint density at radius 1 is 1.04 bits per heavy atom. The third-order valence-corrected chi connectivity index (χ3v) is 2.86. The normalized spacial score (nSPS) is 11.0. The zero-order valence-electron chi connectivity index (χ0n) is 11.9. The molecule has 0 aliphatic rings. The van der Waals surface area contributed by atoms with E-state index < -0.39 is 24.0 Å². The maximum Gasteiger partial charge on any atom is 0.573 e. The second-order valence-corrected chi connectivity index (χ2v) is 4.56. The minimum absolute atomic E-state index is 0.256. The molecule has 2 aromatic carbocycles. The van der Waals surface area contributed by atoms with Gasteiger partial charge < -0.3 is 15.4 Å². The molecule has 4 nitrogen and oxygen atoms in total. The van der Waals surface area contributed by atoms with Crippen LogP contribution in [0, 0.1) is 12.7 Å². The number of halogens is 4. The number of alkyl halides is 3. The minimum Gasteiger partial charge on any atom is -0.406 e. The molecule has 0 aromatic heterocycles. The number of carbonyl (C=O) groups excluding carboxylic acids is 1. The Balaban J connectivity index is 1.99. The van der Waals surface area contributed by atoms with E-state index in [0.717, 1.165) is 12.1 Å². The van der Waals surface area contributed by atoms with Crippen LogP contribution in [-0.4, -0.2) is 12.4 Å². The fraction of sp³-hybridized carbons (Fsp3) is 0.133. The quantitative estimate of drug-likeness (QED) is 0.804. The molecule has 0 saturated heterocycles. The molecule has 0 saturated carbocycles. The van der Waals surface area contributed by atoms with Crippen LogP contribution in [0.3, 0.4) is 0 Å². The average Bonchev–Trinajstić information content (AvgIpc) is 2.44. The van der Waals surface area contributed by atoms with Crippen molar-refractivity contribution in [1.82, 2.24) is 0 Å². The molecule has 2 N–H and O–H groups in total. The Labute approximate surface area is 129 Å². The molecule has 2 rings (SSSR count). The fourth-order valence-corrected chi connectivity index (χ4v) is 1.77. The van der Waals surface area contributed by atoms with Crippen LogP contribution >= 0.6 is 0 Å². The molecule has 23 heavy (non-hydrogen) atoms. The Morgan fingerprint density at radius 3 is 2.30 bits per heavy atom. The molecule has 0 unspecified atom stereocenters. The van der Waals surface area contributed by atoms with Crippen molar-refractivity contribution in [1.29, 1.82) is 0 Å². The van der Waals surface area contributed by atoms with E-state index in [0.29, 0.717) is 5.69 Å². The monoisotopic (exact) mass is 328 g/mol. The van der Waals surface area contributed by atoms with Crippen LogP contribution in [0.4, 0.5) is 33.7 Å². The van der Waals surface area contributed by atoms with E-state index >= 15 is 0 Å². The van der Waals surface area contributed by atoms with E-state index in [1.54, 1.807) is 0 Å². The highest BCUT2D eigenvalue weighted by Gasteiger charge is 2.30. The highest BCUT2D eigenvalue weighted by molar-refractivity contribution is 6.00. The summed E-state index contributed by atoms with van der Waals surface area (Å²) in [5.41, 5.74) is 0.821. The Bertz CT molecular complexity index is 700. The molecule has 0 aliphatic carbocycles. The number of hydrogen-bond donors (Lipinski definition) is 2. The number of rotatable bonds is 3. The number of carbonyl (C=O) groups is 1. The first kappa shape index (κ1) is 16.6. The Hall–Kier alpha value is -2.77. The van der Waals surface area contributed by atoms with Crippen LogP contribution in [0.15, 0.2) is 42.5 Å². The average molecular weight is 328 g/mol. The second kappa shape index (κ2) is 6.55. The molecule has 0 aliphatic heterocycles. The number of nitrogens with one attached hydrogen (secondary N) is 2. The first-order valence-electron chi connectivity index (χ1n) is 6.43. The van der Waals surface area contributed by atoms with Crippen molar-refractivity contribution in [3.05, 3.63) is 53.8 Å². The SMILES string of the molecule is Cc1c(F)cccc1NC(=O)Nc1ccc(OC(F)(F)F)cc1. The van der Waals surface area contributed by atoms with Crippen LogP contribution in [0.5, 0.6) is 5.75 Å². The molecule has 0 radical (unpaired) electrons. The van der Waals surface area contributed by atoms with Crippen LogP contribution in [0.1, 0.15) is 5.56 Å². The number of hydrogen-bond acceptors (Lipinski definition) is 2. The van der Waals surface area contributed by atoms with Gasteiger partial charge in [0.05, 0.1) is 0 Å². The Kier molecular flexibility index (Phi) is 4.73. The third kappa shape index (κ3) is 4.87. The van der Waals surface area contributed by atoms with Crippen molar-refractivity contribution in [2.45, 2.75) is 13.3 Å². The lowest BCUT2D eigenvalue weighted by atomic mass is 10.2. The standard InChI is InChI=1S/C15H12F4N2O2/c1-9-12(16)3-2-4-13(9)21-14(22)20-10-5-7-11(8-6-10)23-15(17,18)19/h2-8H,1H3,(H2,20,21,22). The van der Waals surface area contributed by atoms with Crippen molar-refractivity contribution < 1.29 is 27.1 Å². The second-order valence-electron chi connectivity index (χ2n) is 4.56. The maximum absolute atomic E-state index is 13.4. The zero-order valence-corrected chi connectivity index (χ0v) is 11.9. The fourth-order valence-electron chi connectivity index (χ4n) is 1.77. The molecular weight excluding hydrogens is 316 g/mol. The molecule has 0 fully saturated rings. The van der Waals surface area contributed by atoms with Crippen molar-refractivity contribution in [2.24, 2.45) is 0 Å². The van der Waals surface area contributed by atoms with E-state index in [9.17, 15) is 22.4 Å². The topological polar surface area (TPSA) is 50.4 Å². The predicted molar refractivity (Wildman–Crippen MR) is 76.9 cm³/mol. The highest BCUT2D eigenvalue weighted by Crippen LogP contribution is 2.24. The summed E-state index contributed by atoms with van der Waals surface area (Å²) in [6.07, 6.45) is -4.78. The Morgan fingerprint density at radius 2 is 1.70 bits per heavy atom. The first-order valence-corrected chi connectivity index (χ1v) is 6.43. The maximum atomic E-state index is 13.4. The summed E-state index contributed by atoms with van der Waals surface area (Å²) in [5, 5.41) is 4.87. The van der Waals surface area contributed by atoms with Gasteiger partial charge in [0.25, 0.3) is 0 Å². The predicted octanol–water partition coefficient (Wildman–Crippen LogP) is 4.68. The van der Waals surface area contributed by atoms with E-state index in [4.69, 9.17) is 0 Å². The van der Waals surface area contributed by atoms with E-state index in [2.05, 4.69) is 15.4 Å². The largest absolute Gasteiger partial charge is 0.573 e. The van der Waals surface area contributed by atoms with E-state index in [1.807, 2.05) is 0 Å². The summed E-state index contributed by atoms with van der Waals surface area (Å²) >= 11 is 0. The van der Waals surface area contributed by atoms with Crippen LogP contribution < -0.4 is 15.4 Å². The van der Waals surface area contributed by atoms with Gasteiger partial charge in [-0.2, -0.15) is 0 Å². The van der Waals surface area contributed by atoms with Gasteiger partial charge in [-0.25, -0.2) is 9.18 Å². The number of amides is 2. The molecule has 2 aromatic rings.